The molecule has 0 bridgehead atoms. The highest BCUT2D eigenvalue weighted by molar-refractivity contribution is 5.90. The molecule has 1 amide bonds. The maximum atomic E-state index is 13.2. The lowest BCUT2D eigenvalue weighted by molar-refractivity contribution is -0.145. The first-order valence-corrected chi connectivity index (χ1v) is 10.1. The molecule has 2 aliphatic heterocycles. The van der Waals surface area contributed by atoms with Gasteiger partial charge in [-0.05, 0) is 57.0 Å². The molecule has 2 heterocycles. The van der Waals surface area contributed by atoms with Gasteiger partial charge in [-0.3, -0.25) is 4.79 Å². The first-order valence-electron chi connectivity index (χ1n) is 10.1. The van der Waals surface area contributed by atoms with Crippen LogP contribution in [-0.2, 0) is 19.7 Å². The summed E-state index contributed by atoms with van der Waals surface area (Å²) >= 11 is 0. The smallest absolute Gasteiger partial charge is 0.233 e. The van der Waals surface area contributed by atoms with Crippen molar-refractivity contribution in [1.29, 1.82) is 0 Å². The number of benzene rings is 2. The summed E-state index contributed by atoms with van der Waals surface area (Å²) in [6, 6.07) is 18.0. The largest absolute Gasteiger partial charge is 0.348 e. The van der Waals surface area contributed by atoms with E-state index >= 15 is 0 Å². The molecule has 0 radical (unpaired) electrons. The van der Waals surface area contributed by atoms with Gasteiger partial charge in [0.2, 0.25) is 5.91 Å². The van der Waals surface area contributed by atoms with Crippen molar-refractivity contribution in [2.45, 2.75) is 44.5 Å². The van der Waals surface area contributed by atoms with E-state index < -0.39 is 11.2 Å². The van der Waals surface area contributed by atoms with Crippen LogP contribution in [0.4, 0.5) is 0 Å². The standard InChI is InChI=1S/C25H27NO3/c1-24(2)28-18-22(29-24)17-26-16-15-25(3,23(26)27)21-13-11-20(12-14-21)10-9-19-7-5-4-6-8-19/h4-8,11-14,22H,15-18H2,1-3H3. The minimum atomic E-state index is -0.562. The zero-order chi connectivity index (χ0) is 20.5. The number of nitrogens with zero attached hydrogens (tertiary/aromatic N) is 1. The van der Waals surface area contributed by atoms with Crippen LogP contribution in [0.5, 0.6) is 0 Å². The number of rotatable bonds is 3. The van der Waals surface area contributed by atoms with Crippen LogP contribution in [0.2, 0.25) is 0 Å². The molecule has 150 valence electrons. The fourth-order valence-corrected chi connectivity index (χ4v) is 4.04. The number of carbonyl (C=O) groups is 1. The molecule has 0 N–H and O–H groups in total. The topological polar surface area (TPSA) is 38.8 Å². The molecule has 2 aliphatic rings. The Morgan fingerprint density at radius 3 is 2.28 bits per heavy atom. The van der Waals surface area contributed by atoms with Crippen molar-refractivity contribution < 1.29 is 14.3 Å². The number of amides is 1. The summed E-state index contributed by atoms with van der Waals surface area (Å²) in [5.74, 6) is 5.96. The van der Waals surface area contributed by atoms with E-state index in [9.17, 15) is 4.79 Å². The van der Waals surface area contributed by atoms with E-state index in [4.69, 9.17) is 9.47 Å². The third-order valence-corrected chi connectivity index (χ3v) is 5.78. The minimum Gasteiger partial charge on any atom is -0.348 e. The Kier molecular flexibility index (Phi) is 5.21. The number of carbonyl (C=O) groups excluding carboxylic acids is 1. The Morgan fingerprint density at radius 1 is 1.00 bits per heavy atom. The van der Waals surface area contributed by atoms with Gasteiger partial charge in [0.25, 0.3) is 0 Å². The molecule has 2 aromatic carbocycles. The van der Waals surface area contributed by atoms with Gasteiger partial charge in [-0.2, -0.15) is 0 Å². The first kappa shape index (κ1) is 19.7. The second-order valence-electron chi connectivity index (χ2n) is 8.48. The van der Waals surface area contributed by atoms with Gasteiger partial charge in [-0.25, -0.2) is 0 Å². The van der Waals surface area contributed by atoms with Crippen molar-refractivity contribution in [2.75, 3.05) is 19.7 Å². The Morgan fingerprint density at radius 2 is 1.66 bits per heavy atom. The molecule has 0 saturated carbocycles. The third kappa shape index (κ3) is 4.22. The SMILES string of the molecule is CC1(C)OCC(CN2CCC(C)(c3ccc(C#Cc4ccccc4)cc3)C2=O)O1. The highest BCUT2D eigenvalue weighted by Gasteiger charge is 2.45. The van der Waals surface area contributed by atoms with Gasteiger partial charge in [0.05, 0.1) is 12.0 Å². The van der Waals surface area contributed by atoms with Crippen molar-refractivity contribution in [2.24, 2.45) is 0 Å². The molecule has 0 aliphatic carbocycles. The summed E-state index contributed by atoms with van der Waals surface area (Å²) in [5, 5.41) is 0. The van der Waals surface area contributed by atoms with Gasteiger partial charge in [-0.1, -0.05) is 42.2 Å². The molecule has 4 rings (SSSR count). The summed E-state index contributed by atoms with van der Waals surface area (Å²) in [6.45, 7) is 7.71. The fourth-order valence-electron chi connectivity index (χ4n) is 4.04. The normalized spacial score (nSPS) is 25.7. The van der Waals surface area contributed by atoms with Gasteiger partial charge < -0.3 is 14.4 Å². The minimum absolute atomic E-state index is 0.0630. The quantitative estimate of drug-likeness (QED) is 0.751. The molecule has 2 fully saturated rings. The monoisotopic (exact) mass is 389 g/mol. The zero-order valence-electron chi connectivity index (χ0n) is 17.3. The van der Waals surface area contributed by atoms with Crippen LogP contribution in [0.3, 0.4) is 0 Å². The van der Waals surface area contributed by atoms with Crippen molar-refractivity contribution in [1.82, 2.24) is 4.90 Å². The van der Waals surface area contributed by atoms with E-state index in [1.165, 1.54) is 0 Å². The molecule has 29 heavy (non-hydrogen) atoms. The summed E-state index contributed by atoms with van der Waals surface area (Å²) in [4.78, 5) is 15.1. The molecule has 4 heteroatoms. The zero-order valence-corrected chi connectivity index (χ0v) is 17.3. The number of hydrogen-bond acceptors (Lipinski definition) is 3. The fraction of sp³-hybridized carbons (Fsp3) is 0.400. The van der Waals surface area contributed by atoms with Crippen LogP contribution in [0.25, 0.3) is 0 Å². The number of ether oxygens (including phenoxy) is 2. The van der Waals surface area contributed by atoms with Gasteiger partial charge in [0.1, 0.15) is 6.10 Å². The second kappa shape index (κ2) is 7.67. The summed E-state index contributed by atoms with van der Waals surface area (Å²) in [6.07, 6.45) is 0.740. The predicted octanol–water partition coefficient (Wildman–Crippen LogP) is 3.73. The van der Waals surface area contributed by atoms with Crippen LogP contribution in [0.1, 0.15) is 43.9 Å². The van der Waals surface area contributed by atoms with E-state index in [0.29, 0.717) is 13.2 Å². The van der Waals surface area contributed by atoms with Gasteiger partial charge >= 0.3 is 0 Å². The van der Waals surface area contributed by atoms with Gasteiger partial charge in [0.15, 0.2) is 5.79 Å². The highest BCUT2D eigenvalue weighted by atomic mass is 16.7. The predicted molar refractivity (Wildman–Crippen MR) is 112 cm³/mol. The average molecular weight is 389 g/mol. The lowest BCUT2D eigenvalue weighted by atomic mass is 9.81. The van der Waals surface area contributed by atoms with Gasteiger partial charge in [0, 0.05) is 24.2 Å². The van der Waals surface area contributed by atoms with Crippen LogP contribution < -0.4 is 0 Å². The van der Waals surface area contributed by atoms with Crippen molar-refractivity contribution in [3.8, 4) is 11.8 Å². The molecular weight excluding hydrogens is 362 g/mol. The van der Waals surface area contributed by atoms with E-state index in [0.717, 1.165) is 29.7 Å². The molecule has 2 aromatic rings. The first-order chi connectivity index (χ1) is 13.9. The van der Waals surface area contributed by atoms with Crippen molar-refractivity contribution in [3.63, 3.8) is 0 Å². The van der Waals surface area contributed by atoms with E-state index in [2.05, 4.69) is 11.8 Å². The van der Waals surface area contributed by atoms with Crippen LogP contribution in [0.15, 0.2) is 54.6 Å². The second-order valence-corrected chi connectivity index (χ2v) is 8.48. The molecule has 0 aromatic heterocycles. The van der Waals surface area contributed by atoms with Crippen LogP contribution in [0, 0.1) is 11.8 Å². The Bertz CT molecular complexity index is 940. The summed E-state index contributed by atoms with van der Waals surface area (Å²) in [5.41, 5.74) is 2.48. The molecule has 4 nitrogen and oxygen atoms in total. The molecular formula is C25H27NO3. The van der Waals surface area contributed by atoms with E-state index in [-0.39, 0.29) is 12.0 Å². The maximum Gasteiger partial charge on any atom is 0.233 e. The van der Waals surface area contributed by atoms with Crippen molar-refractivity contribution in [3.05, 3.63) is 71.3 Å². The average Bonchev–Trinajstić information content (AvgIpc) is 3.21. The van der Waals surface area contributed by atoms with Crippen molar-refractivity contribution >= 4 is 5.91 Å². The van der Waals surface area contributed by atoms with E-state index in [1.807, 2.05) is 80.3 Å². The lowest BCUT2D eigenvalue weighted by Crippen LogP contribution is -2.40. The Hall–Kier alpha value is -2.61. The lowest BCUT2D eigenvalue weighted by Gasteiger charge is -2.26. The Balaban J connectivity index is 1.44. The molecule has 2 atom stereocenters. The molecule has 0 spiro atoms. The molecule has 2 unspecified atom stereocenters. The number of hydrogen-bond donors (Lipinski definition) is 0. The van der Waals surface area contributed by atoms with Gasteiger partial charge in [-0.15, -0.1) is 0 Å². The molecule has 2 saturated heterocycles. The van der Waals surface area contributed by atoms with Crippen LogP contribution in [-0.4, -0.2) is 42.4 Å². The van der Waals surface area contributed by atoms with Crippen LogP contribution >= 0.6 is 0 Å². The summed E-state index contributed by atoms with van der Waals surface area (Å²) in [7, 11) is 0. The number of likely N-dealkylation sites (tertiary alicyclic amines) is 1. The maximum absolute atomic E-state index is 13.2. The Labute approximate surface area is 172 Å². The summed E-state index contributed by atoms with van der Waals surface area (Å²) < 4.78 is 11.5. The van der Waals surface area contributed by atoms with E-state index in [1.54, 1.807) is 0 Å². The third-order valence-electron chi connectivity index (χ3n) is 5.78. The highest BCUT2D eigenvalue weighted by Crippen LogP contribution is 2.36.